The summed E-state index contributed by atoms with van der Waals surface area (Å²) >= 11 is 0. The number of halogens is 1. The molecule has 1 heterocycles. The highest BCUT2D eigenvalue weighted by Gasteiger charge is 2.29. The Balaban J connectivity index is 1.36. The van der Waals surface area contributed by atoms with Gasteiger partial charge in [-0.1, -0.05) is 53.2 Å². The van der Waals surface area contributed by atoms with Gasteiger partial charge >= 0.3 is 0 Å². The van der Waals surface area contributed by atoms with Crippen molar-refractivity contribution >= 4 is 6.08 Å². The summed E-state index contributed by atoms with van der Waals surface area (Å²) in [6, 6.07) is 15.4. The predicted molar refractivity (Wildman–Crippen MR) is 122 cm³/mol. The molecule has 1 aromatic heterocycles. The Hall–Kier alpha value is -2.79. The maximum Gasteiger partial charge on any atom is 0.250 e. The van der Waals surface area contributed by atoms with Crippen LogP contribution in [0.15, 0.2) is 59.1 Å². The number of nitrogens with zero attached hydrogens (tertiary/aromatic N) is 3. The molecule has 0 N–H and O–H groups in total. The lowest BCUT2D eigenvalue weighted by atomic mass is 9.76. The largest absolute Gasteiger partial charge is 0.334 e. The monoisotopic (exact) mass is 419 g/mol. The quantitative estimate of drug-likeness (QED) is 0.470. The summed E-state index contributed by atoms with van der Waals surface area (Å²) in [6.07, 6.45) is 8.73. The lowest BCUT2D eigenvalue weighted by Crippen LogP contribution is -2.30. The summed E-state index contributed by atoms with van der Waals surface area (Å²) in [7, 11) is 4.22. The molecular weight excluding hydrogens is 389 g/mol. The van der Waals surface area contributed by atoms with Gasteiger partial charge in [-0.25, -0.2) is 4.39 Å². The van der Waals surface area contributed by atoms with Crippen molar-refractivity contribution < 1.29 is 8.91 Å². The zero-order valence-electron chi connectivity index (χ0n) is 18.5. The first-order valence-electron chi connectivity index (χ1n) is 11.0. The van der Waals surface area contributed by atoms with Crippen molar-refractivity contribution in [2.24, 2.45) is 11.8 Å². The predicted octanol–water partition coefficient (Wildman–Crippen LogP) is 6.31. The highest BCUT2D eigenvalue weighted by molar-refractivity contribution is 5.56. The molecule has 162 valence electrons. The molecule has 0 bridgehead atoms. The molecule has 0 spiro atoms. The van der Waals surface area contributed by atoms with E-state index in [4.69, 9.17) is 4.52 Å². The summed E-state index contributed by atoms with van der Waals surface area (Å²) in [6.45, 7) is 2.06. The third-order valence-electron chi connectivity index (χ3n) is 6.29. The average Bonchev–Trinajstić information content (AvgIpc) is 3.24. The molecule has 0 aliphatic heterocycles. The molecule has 4 nitrogen and oxygen atoms in total. The van der Waals surface area contributed by atoms with Crippen LogP contribution in [0.3, 0.4) is 0 Å². The molecule has 4 rings (SSSR count). The van der Waals surface area contributed by atoms with Crippen LogP contribution in [0.4, 0.5) is 4.39 Å². The molecule has 5 heteroatoms. The number of allylic oxidation sites excluding steroid dienone is 1. The van der Waals surface area contributed by atoms with Crippen LogP contribution in [0.2, 0.25) is 0 Å². The van der Waals surface area contributed by atoms with Gasteiger partial charge in [0.1, 0.15) is 5.82 Å². The number of rotatable bonds is 6. The minimum Gasteiger partial charge on any atom is -0.334 e. The summed E-state index contributed by atoms with van der Waals surface area (Å²) in [4.78, 5) is 6.77. The fourth-order valence-corrected chi connectivity index (χ4v) is 4.65. The molecule has 0 radical (unpaired) electrons. The van der Waals surface area contributed by atoms with E-state index in [1.807, 2.05) is 42.5 Å². The van der Waals surface area contributed by atoms with E-state index in [0.717, 1.165) is 31.2 Å². The number of aromatic nitrogens is 2. The third kappa shape index (κ3) is 5.28. The van der Waals surface area contributed by atoms with Gasteiger partial charge in [0.15, 0.2) is 0 Å². The first-order valence-corrected chi connectivity index (χ1v) is 11.0. The SMILES string of the molecule is Cc1ccc(-c2noc(/C=C/C3CCC(C(c4ccc(F)cc4)N(C)C)CC3)n2)cc1. The van der Waals surface area contributed by atoms with Crippen molar-refractivity contribution in [3.63, 3.8) is 0 Å². The molecule has 1 aliphatic rings. The zero-order valence-corrected chi connectivity index (χ0v) is 18.5. The van der Waals surface area contributed by atoms with Gasteiger partial charge in [0.05, 0.1) is 0 Å². The second-order valence-corrected chi connectivity index (χ2v) is 8.82. The van der Waals surface area contributed by atoms with Crippen LogP contribution in [-0.4, -0.2) is 29.1 Å². The van der Waals surface area contributed by atoms with Gasteiger partial charge in [0.25, 0.3) is 5.89 Å². The van der Waals surface area contributed by atoms with E-state index >= 15 is 0 Å². The second kappa shape index (κ2) is 9.56. The van der Waals surface area contributed by atoms with Gasteiger partial charge in [0, 0.05) is 11.6 Å². The molecule has 31 heavy (non-hydrogen) atoms. The fourth-order valence-electron chi connectivity index (χ4n) is 4.65. The third-order valence-corrected chi connectivity index (χ3v) is 6.29. The van der Waals surface area contributed by atoms with Crippen molar-refractivity contribution in [2.45, 2.75) is 38.6 Å². The van der Waals surface area contributed by atoms with Gasteiger partial charge in [-0.3, -0.25) is 0 Å². The number of hydrogen-bond acceptors (Lipinski definition) is 4. The van der Waals surface area contributed by atoms with E-state index < -0.39 is 0 Å². The average molecular weight is 420 g/mol. The zero-order chi connectivity index (χ0) is 21.8. The molecule has 3 aromatic rings. The van der Waals surface area contributed by atoms with Crippen molar-refractivity contribution in [1.29, 1.82) is 0 Å². The van der Waals surface area contributed by atoms with Crippen LogP contribution in [0, 0.1) is 24.6 Å². The van der Waals surface area contributed by atoms with E-state index in [2.05, 4.69) is 42.1 Å². The highest BCUT2D eigenvalue weighted by atomic mass is 19.1. The van der Waals surface area contributed by atoms with Gasteiger partial charge in [-0.05, 0) is 82.3 Å². The smallest absolute Gasteiger partial charge is 0.250 e. The molecule has 0 saturated heterocycles. The molecule has 1 unspecified atom stereocenters. The molecular formula is C26H30FN3O. The molecule has 1 fully saturated rings. The van der Waals surface area contributed by atoms with Crippen LogP contribution in [-0.2, 0) is 0 Å². The summed E-state index contributed by atoms with van der Waals surface area (Å²) in [5.41, 5.74) is 3.36. The maximum absolute atomic E-state index is 13.3. The Labute approximate surface area is 183 Å². The van der Waals surface area contributed by atoms with Gasteiger partial charge < -0.3 is 9.42 Å². The normalized spacial score (nSPS) is 20.4. The van der Waals surface area contributed by atoms with Crippen LogP contribution in [0.25, 0.3) is 17.5 Å². The lowest BCUT2D eigenvalue weighted by molar-refractivity contribution is 0.159. The van der Waals surface area contributed by atoms with E-state index in [1.165, 1.54) is 11.1 Å². The van der Waals surface area contributed by atoms with Crippen LogP contribution in [0.5, 0.6) is 0 Å². The summed E-state index contributed by atoms with van der Waals surface area (Å²) in [5, 5.41) is 4.10. The number of hydrogen-bond donors (Lipinski definition) is 0. The lowest BCUT2D eigenvalue weighted by Gasteiger charge is -2.37. The summed E-state index contributed by atoms with van der Waals surface area (Å²) in [5.74, 6) is 2.08. The topological polar surface area (TPSA) is 42.2 Å². The van der Waals surface area contributed by atoms with Crippen LogP contribution in [0.1, 0.15) is 48.7 Å². The minimum atomic E-state index is -0.179. The first-order chi connectivity index (χ1) is 15.0. The number of benzene rings is 2. The van der Waals surface area contributed by atoms with E-state index in [1.54, 1.807) is 12.1 Å². The van der Waals surface area contributed by atoms with Gasteiger partial charge in [0.2, 0.25) is 5.82 Å². The number of aryl methyl sites for hydroxylation is 1. The second-order valence-electron chi connectivity index (χ2n) is 8.82. The Kier molecular flexibility index (Phi) is 6.62. The Morgan fingerprint density at radius 3 is 2.32 bits per heavy atom. The standard InChI is InChI=1S/C26H30FN3O/c1-18-4-9-22(10-5-18)26-28-24(31-29-26)17-8-19-6-11-20(12-7-19)25(30(2)3)21-13-15-23(27)16-14-21/h4-5,8-10,13-17,19-20,25H,6-7,11-12H2,1-3H3/b17-8+. The summed E-state index contributed by atoms with van der Waals surface area (Å²) < 4.78 is 18.8. The van der Waals surface area contributed by atoms with E-state index in [-0.39, 0.29) is 5.82 Å². The fraction of sp³-hybridized carbons (Fsp3) is 0.385. The van der Waals surface area contributed by atoms with E-state index in [0.29, 0.717) is 29.6 Å². The van der Waals surface area contributed by atoms with Crippen molar-refractivity contribution in [3.8, 4) is 11.4 Å². The van der Waals surface area contributed by atoms with Gasteiger partial charge in [-0.15, -0.1) is 0 Å². The molecule has 1 aliphatic carbocycles. The van der Waals surface area contributed by atoms with Crippen molar-refractivity contribution in [2.75, 3.05) is 14.1 Å². The highest BCUT2D eigenvalue weighted by Crippen LogP contribution is 2.39. The Morgan fingerprint density at radius 2 is 1.68 bits per heavy atom. The Morgan fingerprint density at radius 1 is 1.00 bits per heavy atom. The molecule has 1 saturated carbocycles. The van der Waals surface area contributed by atoms with Gasteiger partial charge in [-0.2, -0.15) is 4.98 Å². The first kappa shape index (κ1) is 21.4. The van der Waals surface area contributed by atoms with Crippen LogP contribution < -0.4 is 0 Å². The Bertz CT molecular complexity index is 1000. The molecule has 1 atom stereocenters. The van der Waals surface area contributed by atoms with Crippen molar-refractivity contribution in [3.05, 3.63) is 77.4 Å². The van der Waals surface area contributed by atoms with Crippen LogP contribution >= 0.6 is 0 Å². The maximum atomic E-state index is 13.3. The minimum absolute atomic E-state index is 0.179. The molecule has 2 aromatic carbocycles. The molecule has 0 amide bonds. The van der Waals surface area contributed by atoms with Crippen molar-refractivity contribution in [1.82, 2.24) is 15.0 Å². The van der Waals surface area contributed by atoms with E-state index in [9.17, 15) is 4.39 Å².